The number of fused-ring (bicyclic) bond motifs is 1. The Bertz CT molecular complexity index is 801. The number of amides is 1. The Morgan fingerprint density at radius 3 is 2.79 bits per heavy atom. The fourth-order valence-electron chi connectivity index (χ4n) is 2.86. The normalized spacial score (nSPS) is 12.5. The molecule has 24 heavy (non-hydrogen) atoms. The quantitative estimate of drug-likeness (QED) is 0.752. The number of hydrogen-bond acceptors (Lipinski definition) is 3. The van der Waals surface area contributed by atoms with Crippen LogP contribution in [0.25, 0.3) is 11.0 Å². The lowest BCUT2D eigenvalue weighted by Gasteiger charge is -2.20. The van der Waals surface area contributed by atoms with Gasteiger partial charge in [-0.2, -0.15) is 0 Å². The number of likely N-dealkylation sites (N-methyl/N-ethyl adjacent to an activating group) is 1. The van der Waals surface area contributed by atoms with Crippen LogP contribution in [0.3, 0.4) is 0 Å². The molecule has 1 amide bonds. The number of H-pyrrole nitrogens is 1. The van der Waals surface area contributed by atoms with E-state index in [4.69, 9.17) is 4.42 Å². The van der Waals surface area contributed by atoms with Gasteiger partial charge in [-0.25, -0.2) is 4.98 Å². The van der Waals surface area contributed by atoms with E-state index in [1.54, 1.807) is 4.90 Å². The van der Waals surface area contributed by atoms with Crippen LogP contribution in [0.5, 0.6) is 0 Å². The molecular formula is C19H23N3O2. The van der Waals surface area contributed by atoms with Crippen LogP contribution < -0.4 is 0 Å². The first-order valence-corrected chi connectivity index (χ1v) is 8.29. The van der Waals surface area contributed by atoms with Gasteiger partial charge in [0, 0.05) is 20.0 Å². The van der Waals surface area contributed by atoms with Gasteiger partial charge in [-0.3, -0.25) is 4.79 Å². The van der Waals surface area contributed by atoms with E-state index in [2.05, 4.69) is 9.97 Å². The van der Waals surface area contributed by atoms with Gasteiger partial charge < -0.3 is 14.3 Å². The van der Waals surface area contributed by atoms with Crippen molar-refractivity contribution in [3.8, 4) is 0 Å². The zero-order chi connectivity index (χ0) is 17.1. The number of aromatic amines is 1. The number of benzene rings is 1. The molecule has 126 valence electrons. The lowest BCUT2D eigenvalue weighted by molar-refractivity contribution is -0.131. The van der Waals surface area contributed by atoms with Gasteiger partial charge in [-0.05, 0) is 44.5 Å². The molecule has 0 fully saturated rings. The summed E-state index contributed by atoms with van der Waals surface area (Å²) in [6, 6.07) is 11.8. The second-order valence-corrected chi connectivity index (χ2v) is 6.23. The Balaban J connectivity index is 1.53. The number of carbonyl (C=O) groups excluding carboxylic acids is 1. The topological polar surface area (TPSA) is 62.1 Å². The van der Waals surface area contributed by atoms with E-state index in [9.17, 15) is 4.79 Å². The van der Waals surface area contributed by atoms with Crippen LogP contribution in [0.15, 0.2) is 40.8 Å². The fraction of sp³-hybridized carbons (Fsp3) is 0.368. The fourth-order valence-corrected chi connectivity index (χ4v) is 2.86. The SMILES string of the molecule is Cc1ccc([C@@H](C)C(=O)N(C)CCCc2nc3ccccc3[nH]2)o1. The third-order valence-corrected chi connectivity index (χ3v) is 4.28. The van der Waals surface area contributed by atoms with Crippen molar-refractivity contribution < 1.29 is 9.21 Å². The lowest BCUT2D eigenvalue weighted by Crippen LogP contribution is -2.31. The third-order valence-electron chi connectivity index (χ3n) is 4.28. The van der Waals surface area contributed by atoms with Gasteiger partial charge in [0.1, 0.15) is 17.3 Å². The number of para-hydroxylation sites is 2. The maximum atomic E-state index is 12.5. The monoisotopic (exact) mass is 325 g/mol. The van der Waals surface area contributed by atoms with Gasteiger partial charge in [0.25, 0.3) is 0 Å². The summed E-state index contributed by atoms with van der Waals surface area (Å²) in [5.41, 5.74) is 2.04. The molecule has 3 aromatic rings. The van der Waals surface area contributed by atoms with Crippen molar-refractivity contribution in [3.63, 3.8) is 0 Å². The largest absolute Gasteiger partial charge is 0.466 e. The first kappa shape index (κ1) is 16.3. The van der Waals surface area contributed by atoms with Crippen molar-refractivity contribution in [2.45, 2.75) is 32.6 Å². The molecule has 0 aliphatic rings. The molecule has 3 rings (SSSR count). The van der Waals surface area contributed by atoms with Crippen LogP contribution >= 0.6 is 0 Å². The van der Waals surface area contributed by atoms with Gasteiger partial charge in [0.15, 0.2) is 0 Å². The van der Waals surface area contributed by atoms with Crippen molar-refractivity contribution in [3.05, 3.63) is 53.7 Å². The zero-order valence-electron chi connectivity index (χ0n) is 14.4. The summed E-state index contributed by atoms with van der Waals surface area (Å²) >= 11 is 0. The molecular weight excluding hydrogens is 302 g/mol. The molecule has 0 saturated heterocycles. The molecule has 0 spiro atoms. The van der Waals surface area contributed by atoms with Crippen LogP contribution in [0, 0.1) is 6.92 Å². The highest BCUT2D eigenvalue weighted by atomic mass is 16.3. The van der Waals surface area contributed by atoms with E-state index in [1.165, 1.54) is 0 Å². The average molecular weight is 325 g/mol. The molecule has 0 radical (unpaired) electrons. The molecule has 2 heterocycles. The summed E-state index contributed by atoms with van der Waals surface area (Å²) in [6.07, 6.45) is 1.69. The highest BCUT2D eigenvalue weighted by Crippen LogP contribution is 2.20. The Morgan fingerprint density at radius 2 is 2.08 bits per heavy atom. The van der Waals surface area contributed by atoms with Gasteiger partial charge in [-0.15, -0.1) is 0 Å². The number of hydrogen-bond donors (Lipinski definition) is 1. The van der Waals surface area contributed by atoms with Crippen LogP contribution in [0.1, 0.15) is 36.6 Å². The van der Waals surface area contributed by atoms with Crippen molar-refractivity contribution in [1.29, 1.82) is 0 Å². The molecule has 0 unspecified atom stereocenters. The number of aromatic nitrogens is 2. The lowest BCUT2D eigenvalue weighted by atomic mass is 10.1. The van der Waals surface area contributed by atoms with Crippen LogP contribution in [0.4, 0.5) is 0 Å². The molecule has 2 aromatic heterocycles. The highest BCUT2D eigenvalue weighted by Gasteiger charge is 2.21. The first-order chi connectivity index (χ1) is 11.5. The van der Waals surface area contributed by atoms with Crippen molar-refractivity contribution in [1.82, 2.24) is 14.9 Å². The maximum Gasteiger partial charge on any atom is 0.232 e. The Morgan fingerprint density at radius 1 is 1.29 bits per heavy atom. The minimum Gasteiger partial charge on any atom is -0.466 e. The number of carbonyl (C=O) groups is 1. The summed E-state index contributed by atoms with van der Waals surface area (Å²) < 4.78 is 5.56. The second-order valence-electron chi connectivity index (χ2n) is 6.23. The number of aryl methyl sites for hydroxylation is 2. The third kappa shape index (κ3) is 3.50. The highest BCUT2D eigenvalue weighted by molar-refractivity contribution is 5.82. The van der Waals surface area contributed by atoms with E-state index in [1.807, 2.05) is 57.3 Å². The Labute approximate surface area is 141 Å². The maximum absolute atomic E-state index is 12.5. The van der Waals surface area contributed by atoms with Crippen LogP contribution in [-0.4, -0.2) is 34.4 Å². The van der Waals surface area contributed by atoms with E-state index >= 15 is 0 Å². The molecule has 1 N–H and O–H groups in total. The molecule has 0 aliphatic carbocycles. The minimum absolute atomic E-state index is 0.0777. The predicted molar refractivity (Wildman–Crippen MR) is 93.9 cm³/mol. The molecule has 5 heteroatoms. The van der Waals surface area contributed by atoms with Crippen molar-refractivity contribution in [2.75, 3.05) is 13.6 Å². The first-order valence-electron chi connectivity index (χ1n) is 8.29. The van der Waals surface area contributed by atoms with Gasteiger partial charge in [-0.1, -0.05) is 12.1 Å². The molecule has 0 aliphatic heterocycles. The van der Waals surface area contributed by atoms with E-state index in [0.717, 1.165) is 41.2 Å². The standard InChI is InChI=1S/C19H23N3O2/c1-13-10-11-17(24-13)14(2)19(23)22(3)12-6-9-18-20-15-7-4-5-8-16(15)21-18/h4-5,7-8,10-11,14H,6,9,12H2,1-3H3,(H,20,21)/t14-/m1/s1. The summed E-state index contributed by atoms with van der Waals surface area (Å²) in [7, 11) is 1.84. The second kappa shape index (κ2) is 6.91. The molecule has 1 aromatic carbocycles. The summed E-state index contributed by atoms with van der Waals surface area (Å²) in [5.74, 6) is 2.34. The number of nitrogens with zero attached hydrogens (tertiary/aromatic N) is 2. The molecule has 0 saturated carbocycles. The average Bonchev–Trinajstić information content (AvgIpc) is 3.18. The molecule has 0 bridgehead atoms. The van der Waals surface area contributed by atoms with E-state index in [-0.39, 0.29) is 11.8 Å². The Kier molecular flexibility index (Phi) is 4.69. The summed E-state index contributed by atoms with van der Waals surface area (Å²) in [6.45, 7) is 4.47. The van der Waals surface area contributed by atoms with Gasteiger partial charge in [0.05, 0.1) is 17.0 Å². The number of imidazole rings is 1. The van der Waals surface area contributed by atoms with Crippen LogP contribution in [-0.2, 0) is 11.2 Å². The van der Waals surface area contributed by atoms with Gasteiger partial charge >= 0.3 is 0 Å². The molecule has 5 nitrogen and oxygen atoms in total. The number of furan rings is 1. The predicted octanol–water partition coefficient (Wildman–Crippen LogP) is 3.66. The van der Waals surface area contributed by atoms with Crippen molar-refractivity contribution in [2.24, 2.45) is 0 Å². The smallest absolute Gasteiger partial charge is 0.232 e. The van der Waals surface area contributed by atoms with Crippen molar-refractivity contribution >= 4 is 16.9 Å². The van der Waals surface area contributed by atoms with Gasteiger partial charge in [0.2, 0.25) is 5.91 Å². The summed E-state index contributed by atoms with van der Waals surface area (Å²) in [5, 5.41) is 0. The molecule has 1 atom stereocenters. The summed E-state index contributed by atoms with van der Waals surface area (Å²) in [4.78, 5) is 22.1. The van der Waals surface area contributed by atoms with E-state index < -0.39 is 0 Å². The number of nitrogens with one attached hydrogen (secondary N) is 1. The Hall–Kier alpha value is -2.56. The van der Waals surface area contributed by atoms with Crippen LogP contribution in [0.2, 0.25) is 0 Å². The minimum atomic E-state index is -0.255. The zero-order valence-corrected chi connectivity index (χ0v) is 14.4. The van der Waals surface area contributed by atoms with E-state index in [0.29, 0.717) is 6.54 Å². The number of rotatable bonds is 6.